The minimum absolute atomic E-state index is 0.0524. The monoisotopic (exact) mass is 458 g/mol. The number of hydrogen-bond donors (Lipinski definition) is 1. The van der Waals surface area contributed by atoms with E-state index < -0.39 is 23.2 Å². The fourth-order valence-electron chi connectivity index (χ4n) is 3.28. The fourth-order valence-corrected chi connectivity index (χ4v) is 3.58. The minimum atomic E-state index is -3.01. The Kier molecular flexibility index (Phi) is 5.86. The lowest BCUT2D eigenvalue weighted by atomic mass is 9.82. The summed E-state index contributed by atoms with van der Waals surface area (Å²) in [6.45, 7) is 4.17. The Morgan fingerprint density at radius 2 is 1.83 bits per heavy atom. The van der Waals surface area contributed by atoms with Gasteiger partial charge in [0.25, 0.3) is 11.8 Å². The minimum Gasteiger partial charge on any atom is -0.365 e. The third kappa shape index (κ3) is 4.16. The zero-order valence-corrected chi connectivity index (χ0v) is 18.3. The summed E-state index contributed by atoms with van der Waals surface area (Å²) in [7, 11) is 0. The molecule has 1 aromatic carbocycles. The van der Waals surface area contributed by atoms with E-state index in [0.717, 1.165) is 6.92 Å². The molecule has 1 aliphatic rings. The molecule has 162 valence electrons. The number of nitrogens with zero attached hydrogens (tertiary/aromatic N) is 3. The van der Waals surface area contributed by atoms with E-state index >= 15 is 0 Å². The van der Waals surface area contributed by atoms with Crippen LogP contribution in [0.2, 0.25) is 10.0 Å². The molecule has 1 aliphatic heterocycles. The molecule has 2 N–H and O–H groups in total. The third-order valence-corrected chi connectivity index (χ3v) is 6.29. The number of halogens is 4. The van der Waals surface area contributed by atoms with Crippen molar-refractivity contribution in [3.63, 3.8) is 0 Å². The lowest BCUT2D eigenvalue weighted by molar-refractivity contribution is -0.145. The second-order valence-corrected chi connectivity index (χ2v) is 8.97. The highest BCUT2D eigenvalue weighted by Gasteiger charge is 2.44. The van der Waals surface area contributed by atoms with Gasteiger partial charge in [-0.25, -0.2) is 8.78 Å². The van der Waals surface area contributed by atoms with Gasteiger partial charge in [0.2, 0.25) is 5.91 Å². The van der Waals surface area contributed by atoms with Gasteiger partial charge < -0.3 is 10.6 Å². The molecular formula is C20H22Cl2F2N4O2. The van der Waals surface area contributed by atoms with Crippen molar-refractivity contribution in [3.8, 4) is 11.3 Å². The van der Waals surface area contributed by atoms with Crippen LogP contribution in [0.4, 0.5) is 8.78 Å². The number of fused-ring (bicyclic) bond motifs is 1. The van der Waals surface area contributed by atoms with Gasteiger partial charge in [0, 0.05) is 23.9 Å². The molecule has 2 amide bonds. The second-order valence-electron chi connectivity index (χ2n) is 8.15. The highest BCUT2D eigenvalue weighted by atomic mass is 35.5. The van der Waals surface area contributed by atoms with Gasteiger partial charge in [-0.15, -0.1) is 0 Å². The number of aromatic nitrogens is 2. The van der Waals surface area contributed by atoms with Crippen LogP contribution in [-0.2, 0) is 17.9 Å². The number of rotatable bonds is 5. The molecule has 0 atom stereocenters. The zero-order valence-electron chi connectivity index (χ0n) is 16.8. The molecular weight excluding hydrogens is 437 g/mol. The molecule has 0 fully saturated rings. The number of amides is 2. The standard InChI is InChI=1S/C20H22Cl2F2N4O2/c1-19(2,20(3,23)24)9-15(29)27-6-7-28-14(10-27)16(18(25)30)17(26-28)11-4-5-12(21)13(22)8-11/h4-5,8H,6-7,9-10H2,1-3H3,(H2,25,30). The lowest BCUT2D eigenvalue weighted by Gasteiger charge is -2.34. The van der Waals surface area contributed by atoms with Gasteiger partial charge in [-0.2, -0.15) is 5.10 Å². The summed E-state index contributed by atoms with van der Waals surface area (Å²) in [6.07, 6.45) is -0.323. The summed E-state index contributed by atoms with van der Waals surface area (Å²) in [6, 6.07) is 4.84. The van der Waals surface area contributed by atoms with E-state index in [1.54, 1.807) is 22.9 Å². The smallest absolute Gasteiger partial charge is 0.252 e. The Morgan fingerprint density at radius 1 is 1.17 bits per heavy atom. The van der Waals surface area contributed by atoms with Crippen molar-refractivity contribution >= 4 is 35.0 Å². The van der Waals surface area contributed by atoms with Crippen LogP contribution in [0.1, 0.15) is 43.2 Å². The van der Waals surface area contributed by atoms with E-state index in [4.69, 9.17) is 28.9 Å². The molecule has 10 heteroatoms. The molecule has 0 bridgehead atoms. The number of carbonyl (C=O) groups excluding carboxylic acids is 2. The first-order chi connectivity index (χ1) is 13.8. The fraction of sp³-hybridized carbons (Fsp3) is 0.450. The molecule has 0 aliphatic carbocycles. The zero-order chi connectivity index (χ0) is 22.4. The summed E-state index contributed by atoms with van der Waals surface area (Å²) in [5.41, 5.74) is 5.65. The molecule has 0 saturated heterocycles. The topological polar surface area (TPSA) is 81.2 Å². The van der Waals surface area contributed by atoms with E-state index in [1.807, 2.05) is 0 Å². The van der Waals surface area contributed by atoms with Gasteiger partial charge >= 0.3 is 0 Å². The number of primary amides is 1. The van der Waals surface area contributed by atoms with Crippen LogP contribution in [0.15, 0.2) is 18.2 Å². The third-order valence-electron chi connectivity index (χ3n) is 5.55. The average Bonchev–Trinajstić information content (AvgIpc) is 3.01. The lowest BCUT2D eigenvalue weighted by Crippen LogP contribution is -2.44. The average molecular weight is 459 g/mol. The Balaban J connectivity index is 1.93. The van der Waals surface area contributed by atoms with E-state index in [-0.39, 0.29) is 25.1 Å². The van der Waals surface area contributed by atoms with E-state index in [2.05, 4.69) is 5.10 Å². The molecule has 0 unspecified atom stereocenters. The SMILES string of the molecule is CC(F)(F)C(C)(C)CC(=O)N1CCn2nc(-c3ccc(Cl)c(Cl)c3)c(C(N)=O)c2C1. The van der Waals surface area contributed by atoms with Gasteiger partial charge in [0.15, 0.2) is 0 Å². The van der Waals surface area contributed by atoms with E-state index in [9.17, 15) is 18.4 Å². The number of nitrogens with two attached hydrogens (primary N) is 1. The van der Waals surface area contributed by atoms with Crippen molar-refractivity contribution in [1.29, 1.82) is 0 Å². The molecule has 3 rings (SSSR count). The molecule has 0 spiro atoms. The summed E-state index contributed by atoms with van der Waals surface area (Å²) < 4.78 is 29.3. The van der Waals surface area contributed by atoms with Crippen molar-refractivity contribution in [3.05, 3.63) is 39.5 Å². The van der Waals surface area contributed by atoms with Gasteiger partial charge in [-0.05, 0) is 19.1 Å². The van der Waals surface area contributed by atoms with Crippen molar-refractivity contribution in [2.75, 3.05) is 6.54 Å². The molecule has 0 radical (unpaired) electrons. The highest BCUT2D eigenvalue weighted by Crippen LogP contribution is 2.39. The van der Waals surface area contributed by atoms with Crippen LogP contribution < -0.4 is 5.73 Å². The van der Waals surface area contributed by atoms with Crippen LogP contribution in [0.3, 0.4) is 0 Å². The van der Waals surface area contributed by atoms with Gasteiger partial charge in [-0.3, -0.25) is 14.3 Å². The van der Waals surface area contributed by atoms with E-state index in [1.165, 1.54) is 18.7 Å². The molecule has 1 aromatic heterocycles. The highest BCUT2D eigenvalue weighted by molar-refractivity contribution is 6.42. The predicted octanol–water partition coefficient (Wildman–Crippen LogP) is 4.37. The Labute approximate surface area is 182 Å². The molecule has 0 saturated carbocycles. The van der Waals surface area contributed by atoms with Crippen LogP contribution >= 0.6 is 23.2 Å². The van der Waals surface area contributed by atoms with Crippen molar-refractivity contribution in [2.24, 2.45) is 11.1 Å². The maximum Gasteiger partial charge on any atom is 0.252 e. The van der Waals surface area contributed by atoms with Gasteiger partial charge in [0.05, 0.1) is 34.4 Å². The quantitative estimate of drug-likeness (QED) is 0.721. The van der Waals surface area contributed by atoms with Crippen LogP contribution in [0.25, 0.3) is 11.3 Å². The number of carbonyl (C=O) groups is 2. The maximum absolute atomic E-state index is 13.8. The molecule has 6 nitrogen and oxygen atoms in total. The molecule has 2 heterocycles. The number of alkyl halides is 2. The molecule has 30 heavy (non-hydrogen) atoms. The molecule has 2 aromatic rings. The van der Waals surface area contributed by atoms with E-state index in [0.29, 0.717) is 33.5 Å². The normalized spacial score (nSPS) is 14.6. The largest absolute Gasteiger partial charge is 0.365 e. The van der Waals surface area contributed by atoms with Crippen LogP contribution in [0, 0.1) is 5.41 Å². The number of benzene rings is 1. The van der Waals surface area contributed by atoms with Crippen LogP contribution in [-0.4, -0.2) is 39.0 Å². The first kappa shape index (κ1) is 22.5. The summed E-state index contributed by atoms with van der Waals surface area (Å²) in [4.78, 5) is 26.4. The first-order valence-corrected chi connectivity index (χ1v) is 10.1. The number of hydrogen-bond acceptors (Lipinski definition) is 3. The first-order valence-electron chi connectivity index (χ1n) is 9.32. The summed E-state index contributed by atoms with van der Waals surface area (Å²) >= 11 is 12.1. The van der Waals surface area contributed by atoms with Crippen LogP contribution in [0.5, 0.6) is 0 Å². The summed E-state index contributed by atoms with van der Waals surface area (Å²) in [5, 5.41) is 5.14. The summed E-state index contributed by atoms with van der Waals surface area (Å²) in [5.74, 6) is -4.13. The maximum atomic E-state index is 13.8. The predicted molar refractivity (Wildman–Crippen MR) is 111 cm³/mol. The van der Waals surface area contributed by atoms with Gasteiger partial charge in [0.1, 0.15) is 5.69 Å². The van der Waals surface area contributed by atoms with Crippen molar-refractivity contribution < 1.29 is 18.4 Å². The Hall–Kier alpha value is -2.19. The Morgan fingerprint density at radius 3 is 2.40 bits per heavy atom. The van der Waals surface area contributed by atoms with Crippen molar-refractivity contribution in [2.45, 2.75) is 46.2 Å². The van der Waals surface area contributed by atoms with Gasteiger partial charge in [-0.1, -0.05) is 43.1 Å². The van der Waals surface area contributed by atoms with Crippen molar-refractivity contribution in [1.82, 2.24) is 14.7 Å². The Bertz CT molecular complexity index is 1010. The second kappa shape index (κ2) is 7.81.